The molecule has 2 amide bonds. The largest absolute Gasteiger partial charge is 0.385 e. The van der Waals surface area contributed by atoms with Gasteiger partial charge in [0.1, 0.15) is 12.1 Å². The molecule has 0 spiro atoms. The summed E-state index contributed by atoms with van der Waals surface area (Å²) in [6.07, 6.45) is -0.850. The molecule has 0 aliphatic carbocycles. The number of hydrogen-bond acceptors (Lipinski definition) is 4. The standard InChI is InChI=1S/C21H30N2O4/c1-12(2)19(25)17(24)10-13(3)20(26)22-18-16-9-7-6-8-15(16)11-14(4)23(5)21(18)27/h6-9,12-14,18-19,25H,10-11H2,1-5H3,(H,22,26)/t13-,14?,18+,19+/m1/s1/i14D. The Hall–Kier alpha value is -2.21. The fraction of sp³-hybridized carbons (Fsp3) is 0.571. The fourth-order valence-corrected chi connectivity index (χ4v) is 3.20. The zero-order valence-corrected chi connectivity index (χ0v) is 16.7. The van der Waals surface area contributed by atoms with Crippen LogP contribution in [0.4, 0.5) is 0 Å². The SMILES string of the molecule is [2H]C1(C)Cc2ccccc2[C@H](NC(=O)[C@H](C)CC(=O)[C@@H](O)C(C)C)C(=O)N1C. The summed E-state index contributed by atoms with van der Waals surface area (Å²) in [7, 11) is 1.56. The van der Waals surface area contributed by atoms with Crippen molar-refractivity contribution >= 4 is 17.6 Å². The van der Waals surface area contributed by atoms with E-state index in [1.807, 2.05) is 12.1 Å². The molecule has 6 nitrogen and oxygen atoms in total. The Labute approximate surface area is 162 Å². The average molecular weight is 375 g/mol. The smallest absolute Gasteiger partial charge is 0.249 e. The summed E-state index contributed by atoms with van der Waals surface area (Å²) >= 11 is 0. The first-order valence-corrected chi connectivity index (χ1v) is 9.32. The fourth-order valence-electron chi connectivity index (χ4n) is 3.20. The van der Waals surface area contributed by atoms with Crippen LogP contribution in [-0.2, 0) is 20.8 Å². The van der Waals surface area contributed by atoms with Gasteiger partial charge >= 0.3 is 0 Å². The van der Waals surface area contributed by atoms with Crippen LogP contribution in [0.15, 0.2) is 24.3 Å². The number of nitrogens with zero attached hydrogens (tertiary/aromatic N) is 1. The van der Waals surface area contributed by atoms with Gasteiger partial charge in [0.2, 0.25) is 11.8 Å². The molecule has 1 aliphatic rings. The van der Waals surface area contributed by atoms with Gasteiger partial charge in [-0.1, -0.05) is 45.0 Å². The van der Waals surface area contributed by atoms with E-state index in [1.54, 1.807) is 46.9 Å². The summed E-state index contributed by atoms with van der Waals surface area (Å²) in [5.41, 5.74) is 1.51. The summed E-state index contributed by atoms with van der Waals surface area (Å²) in [4.78, 5) is 39.2. The third kappa shape index (κ3) is 4.75. The minimum Gasteiger partial charge on any atom is -0.385 e. The van der Waals surface area contributed by atoms with Gasteiger partial charge in [-0.3, -0.25) is 14.4 Å². The van der Waals surface area contributed by atoms with Crippen LogP contribution < -0.4 is 5.32 Å². The minimum absolute atomic E-state index is 0.0975. The summed E-state index contributed by atoms with van der Waals surface area (Å²) in [5, 5.41) is 12.6. The van der Waals surface area contributed by atoms with Crippen molar-refractivity contribution in [3.8, 4) is 0 Å². The van der Waals surface area contributed by atoms with E-state index in [9.17, 15) is 19.5 Å². The Bertz CT molecular complexity index is 763. The topological polar surface area (TPSA) is 86.7 Å². The van der Waals surface area contributed by atoms with Gasteiger partial charge in [0.15, 0.2) is 5.78 Å². The lowest BCUT2D eigenvalue weighted by Gasteiger charge is -2.26. The number of ketones is 1. The maximum atomic E-state index is 13.0. The normalized spacial score (nSPS) is 25.3. The molecule has 0 fully saturated rings. The van der Waals surface area contributed by atoms with Gasteiger partial charge in [0.25, 0.3) is 0 Å². The average Bonchev–Trinajstić information content (AvgIpc) is 2.69. The van der Waals surface area contributed by atoms with E-state index >= 15 is 0 Å². The number of benzene rings is 1. The molecule has 1 heterocycles. The monoisotopic (exact) mass is 375 g/mol. The van der Waals surface area contributed by atoms with Crippen LogP contribution in [0.1, 0.15) is 52.7 Å². The van der Waals surface area contributed by atoms with E-state index in [4.69, 9.17) is 1.37 Å². The molecule has 1 aliphatic heterocycles. The summed E-state index contributed by atoms with van der Waals surface area (Å²) in [6, 6.07) is 5.25. The molecular weight excluding hydrogens is 344 g/mol. The molecule has 0 saturated heterocycles. The van der Waals surface area contributed by atoms with Crippen LogP contribution in [0.5, 0.6) is 0 Å². The van der Waals surface area contributed by atoms with Crippen molar-refractivity contribution in [1.82, 2.24) is 10.2 Å². The number of amides is 2. The third-order valence-electron chi connectivity index (χ3n) is 5.17. The second-order valence-electron chi connectivity index (χ2n) is 7.71. The number of carbonyl (C=O) groups excluding carboxylic acids is 3. The third-order valence-corrected chi connectivity index (χ3v) is 5.17. The highest BCUT2D eigenvalue weighted by Gasteiger charge is 2.34. The predicted octanol–water partition coefficient (Wildman–Crippen LogP) is 1.86. The number of aliphatic hydroxyl groups is 1. The Kier molecular flexibility index (Phi) is 6.26. The first kappa shape index (κ1) is 19.5. The molecule has 1 aromatic carbocycles. The number of nitrogens with one attached hydrogen (secondary N) is 1. The van der Waals surface area contributed by atoms with Gasteiger partial charge in [-0.2, -0.15) is 0 Å². The van der Waals surface area contributed by atoms with Crippen molar-refractivity contribution in [3.63, 3.8) is 0 Å². The molecule has 1 unspecified atom stereocenters. The van der Waals surface area contributed by atoms with Crippen molar-refractivity contribution in [2.75, 3.05) is 7.05 Å². The van der Waals surface area contributed by atoms with Crippen molar-refractivity contribution < 1.29 is 20.9 Å². The highest BCUT2D eigenvalue weighted by molar-refractivity contribution is 5.93. The van der Waals surface area contributed by atoms with Gasteiger partial charge in [-0.25, -0.2) is 0 Å². The van der Waals surface area contributed by atoms with Gasteiger partial charge in [-0.15, -0.1) is 0 Å². The lowest BCUT2D eigenvalue weighted by Crippen LogP contribution is -2.44. The number of aliphatic hydroxyl groups excluding tert-OH is 1. The second kappa shape index (κ2) is 8.65. The molecule has 2 rings (SSSR count). The molecule has 148 valence electrons. The zero-order chi connectivity index (χ0) is 21.2. The maximum Gasteiger partial charge on any atom is 0.249 e. The van der Waals surface area contributed by atoms with Crippen LogP contribution in [0, 0.1) is 11.8 Å². The molecule has 27 heavy (non-hydrogen) atoms. The highest BCUT2D eigenvalue weighted by Crippen LogP contribution is 2.27. The van der Waals surface area contributed by atoms with Crippen LogP contribution in [0.25, 0.3) is 0 Å². The molecule has 2 N–H and O–H groups in total. The Morgan fingerprint density at radius 1 is 1.33 bits per heavy atom. The first-order valence-electron chi connectivity index (χ1n) is 9.82. The summed E-state index contributed by atoms with van der Waals surface area (Å²) < 4.78 is 8.49. The number of Topliss-reactive ketones (excluding diaryl/α,β-unsaturated/α-hetero) is 1. The number of carbonyl (C=O) groups is 3. The molecule has 0 bridgehead atoms. The van der Waals surface area contributed by atoms with Crippen molar-refractivity contribution in [1.29, 1.82) is 0 Å². The van der Waals surface area contributed by atoms with Crippen LogP contribution in [0.2, 0.25) is 0 Å². The van der Waals surface area contributed by atoms with Crippen LogP contribution in [0.3, 0.4) is 0 Å². The molecule has 0 aromatic heterocycles. The van der Waals surface area contributed by atoms with Crippen LogP contribution in [-0.4, -0.2) is 46.8 Å². The van der Waals surface area contributed by atoms with Crippen molar-refractivity contribution in [2.24, 2.45) is 11.8 Å². The number of fused-ring (bicyclic) bond motifs is 1. The Balaban J connectivity index is 2.22. The molecule has 0 saturated carbocycles. The van der Waals surface area contributed by atoms with Gasteiger partial charge < -0.3 is 15.3 Å². The van der Waals surface area contributed by atoms with E-state index in [-0.39, 0.29) is 24.0 Å². The molecule has 4 atom stereocenters. The molecule has 6 heteroatoms. The van der Waals surface area contributed by atoms with E-state index in [0.717, 1.165) is 5.56 Å². The van der Waals surface area contributed by atoms with Crippen molar-refractivity contribution in [2.45, 2.75) is 58.7 Å². The minimum atomic E-state index is -1.13. The molecular formula is C21H30N2O4. The lowest BCUT2D eigenvalue weighted by molar-refractivity contribution is -0.138. The number of rotatable bonds is 6. The summed E-state index contributed by atoms with van der Waals surface area (Å²) in [5.74, 6) is -2.09. The summed E-state index contributed by atoms with van der Waals surface area (Å²) in [6.45, 7) is 6.75. The van der Waals surface area contributed by atoms with E-state index < -0.39 is 30.0 Å². The second-order valence-corrected chi connectivity index (χ2v) is 7.71. The Morgan fingerprint density at radius 2 is 1.96 bits per heavy atom. The van der Waals surface area contributed by atoms with Crippen molar-refractivity contribution in [3.05, 3.63) is 35.4 Å². The van der Waals surface area contributed by atoms with Gasteiger partial charge in [0.05, 0.1) is 1.37 Å². The maximum absolute atomic E-state index is 13.0. The molecule has 1 aromatic rings. The van der Waals surface area contributed by atoms with Crippen LogP contribution >= 0.6 is 0 Å². The highest BCUT2D eigenvalue weighted by atomic mass is 16.3. The predicted molar refractivity (Wildman–Crippen MR) is 103 cm³/mol. The number of hydrogen-bond donors (Lipinski definition) is 2. The van der Waals surface area contributed by atoms with E-state index in [1.165, 1.54) is 4.90 Å². The first-order chi connectivity index (χ1) is 13.0. The van der Waals surface area contributed by atoms with E-state index in [2.05, 4.69) is 5.32 Å². The van der Waals surface area contributed by atoms with Gasteiger partial charge in [0, 0.05) is 25.4 Å². The Morgan fingerprint density at radius 3 is 2.59 bits per heavy atom. The van der Waals surface area contributed by atoms with E-state index in [0.29, 0.717) is 12.0 Å². The quantitative estimate of drug-likeness (QED) is 0.795. The van der Waals surface area contributed by atoms with Gasteiger partial charge in [-0.05, 0) is 30.4 Å². The zero-order valence-electron chi connectivity index (χ0n) is 17.7. The number of likely N-dealkylation sites (N-methyl/N-ethyl adjacent to an activating group) is 1. The molecule has 0 radical (unpaired) electrons. The lowest BCUT2D eigenvalue weighted by atomic mass is 9.94.